The molecule has 0 spiro atoms. The summed E-state index contributed by atoms with van der Waals surface area (Å²) in [7, 11) is 1.59. The van der Waals surface area contributed by atoms with Gasteiger partial charge in [-0.1, -0.05) is 13.8 Å². The number of hydrogen-bond acceptors (Lipinski definition) is 5. The number of hydrogen-bond donors (Lipinski definition) is 1. The van der Waals surface area contributed by atoms with Crippen LogP contribution >= 0.6 is 0 Å². The molecule has 0 heterocycles. The van der Waals surface area contributed by atoms with Crippen LogP contribution in [-0.4, -0.2) is 35.0 Å². The molecule has 0 radical (unpaired) electrons. The molecule has 5 heteroatoms. The molecule has 0 aliphatic rings. The first-order chi connectivity index (χ1) is 7.29. The fourth-order valence-electron chi connectivity index (χ4n) is 1.47. The van der Waals surface area contributed by atoms with E-state index in [1.54, 1.807) is 7.05 Å². The van der Waals surface area contributed by atoms with Gasteiger partial charge in [0.1, 0.15) is 6.10 Å². The van der Waals surface area contributed by atoms with Crippen molar-refractivity contribution in [1.29, 1.82) is 0 Å². The van der Waals surface area contributed by atoms with Crippen LogP contribution in [0, 0.1) is 5.92 Å². The lowest BCUT2D eigenvalue weighted by Gasteiger charge is -2.33. The highest BCUT2D eigenvalue weighted by Gasteiger charge is 2.28. The summed E-state index contributed by atoms with van der Waals surface area (Å²) in [5.41, 5.74) is -0.419. The van der Waals surface area contributed by atoms with Gasteiger partial charge >= 0.3 is 0 Å². The molecule has 0 aromatic rings. The highest BCUT2D eigenvalue weighted by molar-refractivity contribution is 5.31. The van der Waals surface area contributed by atoms with Crippen LogP contribution in [0.2, 0.25) is 0 Å². The summed E-state index contributed by atoms with van der Waals surface area (Å²) in [4.78, 5) is 15.1. The molecule has 1 N–H and O–H groups in total. The third-order valence-electron chi connectivity index (χ3n) is 2.58. The van der Waals surface area contributed by atoms with Gasteiger partial charge in [0.15, 0.2) is 0 Å². The second kappa shape index (κ2) is 6.63. The Morgan fingerprint density at radius 1 is 1.50 bits per heavy atom. The van der Waals surface area contributed by atoms with E-state index >= 15 is 0 Å². The van der Waals surface area contributed by atoms with Crippen molar-refractivity contribution in [1.82, 2.24) is 5.06 Å². The van der Waals surface area contributed by atoms with E-state index in [0.29, 0.717) is 12.3 Å². The Morgan fingerprint density at radius 2 is 2.06 bits per heavy atom. The number of isocyanates is 1. The van der Waals surface area contributed by atoms with Crippen LogP contribution in [0.15, 0.2) is 5.16 Å². The molecule has 5 nitrogen and oxygen atoms in total. The van der Waals surface area contributed by atoms with Crippen molar-refractivity contribution in [2.75, 3.05) is 7.05 Å². The highest BCUT2D eigenvalue weighted by Crippen LogP contribution is 2.23. The van der Waals surface area contributed by atoms with Crippen LogP contribution < -0.4 is 0 Å². The van der Waals surface area contributed by atoms with E-state index in [4.69, 9.17) is 4.84 Å². The van der Waals surface area contributed by atoms with Crippen LogP contribution in [0.3, 0.4) is 0 Å². The first-order valence-electron chi connectivity index (χ1n) is 5.45. The summed E-state index contributed by atoms with van der Waals surface area (Å²) in [6, 6.07) is 0. The number of carbonyl (C=O) groups excluding carboxylic acids is 1. The molecular weight excluding hydrogens is 208 g/mol. The Hall–Kier alpha value is -0.900. The lowest BCUT2D eigenvalue weighted by molar-refractivity contribution is -0.154. The molecule has 1 atom stereocenters. The van der Waals surface area contributed by atoms with Gasteiger partial charge < -0.3 is 10.0 Å². The van der Waals surface area contributed by atoms with Gasteiger partial charge in [0, 0.05) is 24.2 Å². The third-order valence-corrected chi connectivity index (χ3v) is 2.58. The Bertz CT molecular complexity index is 246. The van der Waals surface area contributed by atoms with Crippen molar-refractivity contribution in [3.8, 4) is 0 Å². The normalized spacial score (nSPS) is 13.8. The average molecular weight is 230 g/mol. The van der Waals surface area contributed by atoms with Gasteiger partial charge in [-0.3, -0.25) is 0 Å². The van der Waals surface area contributed by atoms with E-state index in [-0.39, 0.29) is 6.10 Å². The van der Waals surface area contributed by atoms with Crippen LogP contribution in [0.5, 0.6) is 0 Å². The summed E-state index contributed by atoms with van der Waals surface area (Å²) < 4.78 is 0. The van der Waals surface area contributed by atoms with Crippen molar-refractivity contribution >= 4 is 6.08 Å². The minimum Gasteiger partial charge on any atom is -0.383 e. The molecule has 0 bridgehead atoms. The van der Waals surface area contributed by atoms with Crippen LogP contribution in [0.4, 0.5) is 0 Å². The lowest BCUT2D eigenvalue weighted by atomic mass is 9.92. The van der Waals surface area contributed by atoms with Crippen molar-refractivity contribution in [3.63, 3.8) is 0 Å². The van der Waals surface area contributed by atoms with Gasteiger partial charge in [0.2, 0.25) is 0 Å². The fourth-order valence-corrected chi connectivity index (χ4v) is 1.47. The summed E-state index contributed by atoms with van der Waals surface area (Å²) in [6.07, 6.45) is 2.54. The first-order valence-corrected chi connectivity index (χ1v) is 5.45. The smallest absolute Gasteiger partial charge is 0.276 e. The molecule has 94 valence electrons. The van der Waals surface area contributed by atoms with Crippen molar-refractivity contribution in [2.24, 2.45) is 11.1 Å². The quantitative estimate of drug-likeness (QED) is 0.413. The third kappa shape index (κ3) is 5.85. The summed E-state index contributed by atoms with van der Waals surface area (Å²) in [5.74, 6) is 0.437. The highest BCUT2D eigenvalue weighted by atomic mass is 16.6. The Labute approximate surface area is 97.0 Å². The zero-order valence-electron chi connectivity index (χ0n) is 10.7. The Morgan fingerprint density at radius 3 is 2.44 bits per heavy atom. The van der Waals surface area contributed by atoms with Gasteiger partial charge in [-0.25, -0.2) is 4.79 Å². The minimum atomic E-state index is -0.419. The molecule has 0 rings (SSSR count). The molecule has 0 saturated carbocycles. The maximum atomic E-state index is 10.0. The van der Waals surface area contributed by atoms with Gasteiger partial charge in [0.05, 0.1) is 0 Å². The molecule has 0 aromatic carbocycles. The average Bonchev–Trinajstić information content (AvgIpc) is 2.12. The van der Waals surface area contributed by atoms with E-state index in [1.165, 1.54) is 6.08 Å². The molecule has 0 amide bonds. The first kappa shape index (κ1) is 15.1. The molecule has 0 aliphatic carbocycles. The van der Waals surface area contributed by atoms with E-state index in [2.05, 4.69) is 19.0 Å². The van der Waals surface area contributed by atoms with Gasteiger partial charge in [0.25, 0.3) is 6.08 Å². The maximum Gasteiger partial charge on any atom is 0.276 e. The topological polar surface area (TPSA) is 62.1 Å². The van der Waals surface area contributed by atoms with Gasteiger partial charge in [-0.05, 0) is 26.2 Å². The summed E-state index contributed by atoms with van der Waals surface area (Å²) >= 11 is 0. The second-order valence-corrected chi connectivity index (χ2v) is 5.08. The number of hydroxylamine groups is 2. The zero-order valence-corrected chi connectivity index (χ0v) is 10.7. The van der Waals surface area contributed by atoms with E-state index in [0.717, 1.165) is 11.5 Å². The standard InChI is InChI=1S/C11H22N2O3/c1-9(2)6-10(16-12-8-14)7-11(3,4)13(5)15/h9-10,15H,6-7H2,1-5H3. The predicted molar refractivity (Wildman–Crippen MR) is 60.7 cm³/mol. The SMILES string of the molecule is CC(C)CC(CC(C)(C)N(C)O)ON=C=O. The molecular formula is C11H22N2O3. The Kier molecular flexibility index (Phi) is 6.26. The van der Waals surface area contributed by atoms with E-state index in [9.17, 15) is 10.0 Å². The molecule has 16 heavy (non-hydrogen) atoms. The lowest BCUT2D eigenvalue weighted by Crippen LogP contribution is -2.42. The second-order valence-electron chi connectivity index (χ2n) is 5.08. The molecule has 1 unspecified atom stereocenters. The summed E-state index contributed by atoms with van der Waals surface area (Å²) in [6.45, 7) is 7.93. The Balaban J connectivity index is 4.46. The molecule has 0 aromatic heterocycles. The van der Waals surface area contributed by atoms with Gasteiger partial charge in [-0.2, -0.15) is 5.06 Å². The molecule has 0 aliphatic heterocycles. The maximum absolute atomic E-state index is 10.0. The van der Waals surface area contributed by atoms with E-state index in [1.807, 2.05) is 13.8 Å². The van der Waals surface area contributed by atoms with Crippen LogP contribution in [-0.2, 0) is 9.63 Å². The fraction of sp³-hybridized carbons (Fsp3) is 0.909. The van der Waals surface area contributed by atoms with Crippen molar-refractivity contribution in [3.05, 3.63) is 0 Å². The monoisotopic (exact) mass is 230 g/mol. The molecule has 0 fully saturated rings. The van der Waals surface area contributed by atoms with Crippen molar-refractivity contribution in [2.45, 2.75) is 52.2 Å². The zero-order chi connectivity index (χ0) is 12.8. The molecule has 0 saturated heterocycles. The van der Waals surface area contributed by atoms with E-state index < -0.39 is 5.54 Å². The number of rotatable bonds is 7. The minimum absolute atomic E-state index is 0.189. The largest absolute Gasteiger partial charge is 0.383 e. The van der Waals surface area contributed by atoms with Crippen LogP contribution in [0.25, 0.3) is 0 Å². The van der Waals surface area contributed by atoms with Crippen LogP contribution in [0.1, 0.15) is 40.5 Å². The summed E-state index contributed by atoms with van der Waals surface area (Å²) in [5, 5.41) is 13.8. The predicted octanol–water partition coefficient (Wildman–Crippen LogP) is 2.16. The van der Waals surface area contributed by atoms with Crippen molar-refractivity contribution < 1.29 is 14.8 Å². The number of nitrogens with zero attached hydrogens (tertiary/aromatic N) is 2. The van der Waals surface area contributed by atoms with Gasteiger partial charge in [-0.15, -0.1) is 0 Å².